The summed E-state index contributed by atoms with van der Waals surface area (Å²) in [5.74, 6) is 0. The van der Waals surface area contributed by atoms with Gasteiger partial charge in [-0.25, -0.2) is 0 Å². The van der Waals surface area contributed by atoms with E-state index in [1.165, 1.54) is 4.88 Å². The maximum absolute atomic E-state index is 9.86. The monoisotopic (exact) mass is 169 g/mol. The molecule has 1 N–H and O–H groups in total. The van der Waals surface area contributed by atoms with Crippen molar-refractivity contribution in [1.29, 1.82) is 0 Å². The maximum atomic E-state index is 9.86. The van der Waals surface area contributed by atoms with Gasteiger partial charge in [0.2, 0.25) is 6.41 Å². The molecule has 11 heavy (non-hydrogen) atoms. The molecule has 0 fully saturated rings. The van der Waals surface area contributed by atoms with Crippen LogP contribution < -0.4 is 5.32 Å². The predicted molar refractivity (Wildman–Crippen MR) is 46.7 cm³/mol. The Labute approximate surface area is 70.2 Å². The second kappa shape index (κ2) is 4.91. The molecule has 0 aliphatic heterocycles. The van der Waals surface area contributed by atoms with Crippen molar-refractivity contribution in [2.45, 2.75) is 12.8 Å². The van der Waals surface area contributed by atoms with Gasteiger partial charge in [-0.15, -0.1) is 11.3 Å². The normalized spacial score (nSPS) is 9.45. The third-order valence-electron chi connectivity index (χ3n) is 1.41. The summed E-state index contributed by atoms with van der Waals surface area (Å²) >= 11 is 1.76. The lowest BCUT2D eigenvalue weighted by Crippen LogP contribution is -2.12. The van der Waals surface area contributed by atoms with Gasteiger partial charge in [-0.05, 0) is 24.3 Å². The first-order valence-corrected chi connectivity index (χ1v) is 4.51. The van der Waals surface area contributed by atoms with E-state index >= 15 is 0 Å². The Balaban J connectivity index is 2.09. The smallest absolute Gasteiger partial charge is 0.207 e. The fourth-order valence-electron chi connectivity index (χ4n) is 0.878. The van der Waals surface area contributed by atoms with Crippen LogP contribution in [-0.2, 0) is 11.2 Å². The predicted octanol–water partition coefficient (Wildman–Crippen LogP) is 1.43. The fraction of sp³-hybridized carbons (Fsp3) is 0.375. The van der Waals surface area contributed by atoms with Gasteiger partial charge in [0.15, 0.2) is 0 Å². The average Bonchev–Trinajstić information content (AvgIpc) is 2.50. The third kappa shape index (κ3) is 3.18. The van der Waals surface area contributed by atoms with Gasteiger partial charge in [0.1, 0.15) is 0 Å². The average molecular weight is 169 g/mol. The number of amides is 1. The van der Waals surface area contributed by atoms with Gasteiger partial charge < -0.3 is 5.32 Å². The SMILES string of the molecule is O=CNCCCc1cccs1. The zero-order valence-corrected chi connectivity index (χ0v) is 7.06. The highest BCUT2D eigenvalue weighted by Gasteiger charge is 1.91. The van der Waals surface area contributed by atoms with Gasteiger partial charge in [-0.1, -0.05) is 6.07 Å². The van der Waals surface area contributed by atoms with Crippen molar-refractivity contribution < 1.29 is 4.79 Å². The van der Waals surface area contributed by atoms with Crippen LogP contribution in [0.15, 0.2) is 17.5 Å². The minimum absolute atomic E-state index is 0.744. The van der Waals surface area contributed by atoms with Crippen LogP contribution in [0.3, 0.4) is 0 Å². The van der Waals surface area contributed by atoms with E-state index in [1.807, 2.05) is 6.07 Å². The Morgan fingerprint density at radius 2 is 2.55 bits per heavy atom. The molecule has 1 rings (SSSR count). The molecule has 0 saturated carbocycles. The Kier molecular flexibility index (Phi) is 3.69. The van der Waals surface area contributed by atoms with Crippen molar-refractivity contribution in [3.8, 4) is 0 Å². The van der Waals surface area contributed by atoms with E-state index < -0.39 is 0 Å². The standard InChI is InChI=1S/C8H11NOS/c10-7-9-5-1-3-8-4-2-6-11-8/h2,4,6-7H,1,3,5H2,(H,9,10). The van der Waals surface area contributed by atoms with Crippen molar-refractivity contribution in [1.82, 2.24) is 5.32 Å². The second-order valence-electron chi connectivity index (χ2n) is 2.25. The zero-order chi connectivity index (χ0) is 7.94. The molecule has 1 aromatic rings. The maximum Gasteiger partial charge on any atom is 0.207 e. The Morgan fingerprint density at radius 3 is 3.18 bits per heavy atom. The second-order valence-corrected chi connectivity index (χ2v) is 3.29. The molecule has 0 aromatic carbocycles. The van der Waals surface area contributed by atoms with Gasteiger partial charge in [0.05, 0.1) is 0 Å². The Hall–Kier alpha value is -0.830. The molecule has 3 heteroatoms. The summed E-state index contributed by atoms with van der Waals surface area (Å²) in [4.78, 5) is 11.2. The number of aryl methyl sites for hydroxylation is 1. The van der Waals surface area contributed by atoms with Crippen molar-refractivity contribution in [2.75, 3.05) is 6.54 Å². The van der Waals surface area contributed by atoms with E-state index in [0.717, 1.165) is 25.8 Å². The topological polar surface area (TPSA) is 29.1 Å². The molecule has 1 amide bonds. The highest BCUT2D eigenvalue weighted by molar-refractivity contribution is 7.09. The summed E-state index contributed by atoms with van der Waals surface area (Å²) < 4.78 is 0. The van der Waals surface area contributed by atoms with Crippen LogP contribution in [0, 0.1) is 0 Å². The van der Waals surface area contributed by atoms with Gasteiger partial charge >= 0.3 is 0 Å². The first kappa shape index (κ1) is 8.27. The molecule has 0 atom stereocenters. The van der Waals surface area contributed by atoms with Gasteiger partial charge in [0.25, 0.3) is 0 Å². The summed E-state index contributed by atoms with van der Waals surface area (Å²) in [5, 5.41) is 4.71. The molecule has 0 aliphatic rings. The van der Waals surface area contributed by atoms with Crippen LogP contribution in [-0.4, -0.2) is 13.0 Å². The minimum atomic E-state index is 0.744. The van der Waals surface area contributed by atoms with E-state index in [4.69, 9.17) is 0 Å². The lowest BCUT2D eigenvalue weighted by atomic mass is 10.3. The van der Waals surface area contributed by atoms with Gasteiger partial charge in [-0.3, -0.25) is 4.79 Å². The summed E-state index contributed by atoms with van der Waals surface area (Å²) in [6, 6.07) is 4.17. The molecule has 0 unspecified atom stereocenters. The molecule has 2 nitrogen and oxygen atoms in total. The third-order valence-corrected chi connectivity index (χ3v) is 2.34. The van der Waals surface area contributed by atoms with Crippen LogP contribution in [0.25, 0.3) is 0 Å². The van der Waals surface area contributed by atoms with Crippen molar-refractivity contribution in [3.63, 3.8) is 0 Å². The van der Waals surface area contributed by atoms with E-state index in [1.54, 1.807) is 11.3 Å². The van der Waals surface area contributed by atoms with Crippen molar-refractivity contribution >= 4 is 17.7 Å². The molecular formula is C8H11NOS. The van der Waals surface area contributed by atoms with E-state index in [2.05, 4.69) is 16.8 Å². The van der Waals surface area contributed by atoms with Crippen LogP contribution in [0.2, 0.25) is 0 Å². The zero-order valence-electron chi connectivity index (χ0n) is 6.25. The van der Waals surface area contributed by atoms with Crippen molar-refractivity contribution in [3.05, 3.63) is 22.4 Å². The lowest BCUT2D eigenvalue weighted by molar-refractivity contribution is -0.109. The molecule has 0 bridgehead atoms. The first-order valence-electron chi connectivity index (χ1n) is 3.63. The molecule has 0 radical (unpaired) electrons. The van der Waals surface area contributed by atoms with Crippen LogP contribution in [0.4, 0.5) is 0 Å². The Morgan fingerprint density at radius 1 is 1.64 bits per heavy atom. The van der Waals surface area contributed by atoms with Crippen LogP contribution in [0.1, 0.15) is 11.3 Å². The summed E-state index contributed by atoms with van der Waals surface area (Å²) in [7, 11) is 0. The molecule has 0 spiro atoms. The lowest BCUT2D eigenvalue weighted by Gasteiger charge is -1.95. The van der Waals surface area contributed by atoms with E-state index in [-0.39, 0.29) is 0 Å². The molecule has 60 valence electrons. The fourth-order valence-corrected chi connectivity index (χ4v) is 1.63. The van der Waals surface area contributed by atoms with Gasteiger partial charge in [0, 0.05) is 11.4 Å². The number of hydrogen-bond acceptors (Lipinski definition) is 2. The van der Waals surface area contributed by atoms with Crippen LogP contribution >= 0.6 is 11.3 Å². The number of hydrogen-bond donors (Lipinski definition) is 1. The quantitative estimate of drug-likeness (QED) is 0.524. The molecular weight excluding hydrogens is 158 g/mol. The van der Waals surface area contributed by atoms with Gasteiger partial charge in [-0.2, -0.15) is 0 Å². The molecule has 0 aliphatic carbocycles. The summed E-state index contributed by atoms with van der Waals surface area (Å²) in [6.45, 7) is 0.779. The molecule has 1 heterocycles. The molecule has 1 aromatic heterocycles. The largest absolute Gasteiger partial charge is 0.359 e. The van der Waals surface area contributed by atoms with Crippen molar-refractivity contribution in [2.24, 2.45) is 0 Å². The summed E-state index contributed by atoms with van der Waals surface area (Å²) in [6.07, 6.45) is 2.84. The number of carbonyl (C=O) groups excluding carboxylic acids is 1. The molecule has 0 saturated heterocycles. The van der Waals surface area contributed by atoms with E-state index in [9.17, 15) is 4.79 Å². The number of nitrogens with one attached hydrogen (secondary N) is 1. The van der Waals surface area contributed by atoms with Crippen LogP contribution in [0.5, 0.6) is 0 Å². The number of thiophene rings is 1. The first-order chi connectivity index (χ1) is 5.43. The number of rotatable bonds is 5. The number of carbonyl (C=O) groups is 1. The summed E-state index contributed by atoms with van der Waals surface area (Å²) in [5.41, 5.74) is 0. The van der Waals surface area contributed by atoms with E-state index in [0.29, 0.717) is 0 Å². The Bertz CT molecular complexity index is 196. The minimum Gasteiger partial charge on any atom is -0.359 e. The highest BCUT2D eigenvalue weighted by Crippen LogP contribution is 2.09. The highest BCUT2D eigenvalue weighted by atomic mass is 32.1.